The SMILES string of the molecule is O=S(c1ccc2c(c1)C1(c3ccccc3-c3ccccc31)c1cc(S(=O)c3ccccn3)ccc1-2)c1ccccn1. The summed E-state index contributed by atoms with van der Waals surface area (Å²) in [6, 6.07) is 40.2. The fourth-order valence-corrected chi connectivity index (χ4v) is 8.52. The molecule has 6 heteroatoms. The standard InChI is InChI=1S/C35H22N2O2S2/c38-40(33-13-5-7-19-36-33)23-15-17-27-28-18-16-24(41(39)34-14-6-8-20-37-34)22-32(28)35(31(27)21-23)29-11-3-1-9-25(29)26-10-2-4-12-30(26)35/h1-22H. The van der Waals surface area contributed by atoms with Gasteiger partial charge in [-0.2, -0.15) is 0 Å². The van der Waals surface area contributed by atoms with Gasteiger partial charge in [0.2, 0.25) is 0 Å². The molecule has 41 heavy (non-hydrogen) atoms. The second-order valence-electron chi connectivity index (χ2n) is 10.1. The molecular formula is C35H22N2O2S2. The number of rotatable bonds is 4. The van der Waals surface area contributed by atoms with E-state index in [1.54, 1.807) is 24.5 Å². The van der Waals surface area contributed by atoms with Crippen LogP contribution in [-0.4, -0.2) is 18.4 Å². The first kappa shape index (κ1) is 24.3. The third-order valence-corrected chi connectivity index (χ3v) is 10.7. The number of pyridine rings is 2. The Balaban J connectivity index is 1.42. The molecule has 0 N–H and O–H groups in total. The first-order chi connectivity index (χ1) is 20.2. The summed E-state index contributed by atoms with van der Waals surface area (Å²) >= 11 is 0. The van der Waals surface area contributed by atoms with Crippen LogP contribution in [0.25, 0.3) is 22.3 Å². The predicted molar refractivity (Wildman–Crippen MR) is 161 cm³/mol. The summed E-state index contributed by atoms with van der Waals surface area (Å²) in [6.45, 7) is 0. The van der Waals surface area contributed by atoms with E-state index in [0.717, 1.165) is 22.3 Å². The largest absolute Gasteiger partial charge is 0.247 e. The number of benzene rings is 4. The van der Waals surface area contributed by atoms with Crippen molar-refractivity contribution in [3.8, 4) is 22.3 Å². The molecule has 2 aliphatic rings. The maximum absolute atomic E-state index is 13.7. The fourth-order valence-electron chi connectivity index (χ4n) is 6.48. The molecule has 2 heterocycles. The van der Waals surface area contributed by atoms with Gasteiger partial charge in [-0.25, -0.2) is 18.4 Å². The smallest absolute Gasteiger partial charge is 0.132 e. The van der Waals surface area contributed by atoms with Crippen molar-refractivity contribution < 1.29 is 8.42 Å². The van der Waals surface area contributed by atoms with Gasteiger partial charge < -0.3 is 0 Å². The predicted octanol–water partition coefficient (Wildman–Crippen LogP) is 7.15. The van der Waals surface area contributed by atoms with Crippen molar-refractivity contribution in [2.45, 2.75) is 25.3 Å². The molecule has 2 unspecified atom stereocenters. The molecule has 2 aromatic heterocycles. The summed E-state index contributed by atoms with van der Waals surface area (Å²) in [6.07, 6.45) is 3.34. The summed E-state index contributed by atoms with van der Waals surface area (Å²) in [5.41, 5.74) is 8.37. The van der Waals surface area contributed by atoms with Gasteiger partial charge >= 0.3 is 0 Å². The zero-order chi connectivity index (χ0) is 27.6. The highest BCUT2D eigenvalue weighted by atomic mass is 32.2. The Hall–Kier alpha value is -4.52. The molecule has 0 amide bonds. The Bertz CT molecular complexity index is 1890. The van der Waals surface area contributed by atoms with Crippen molar-refractivity contribution in [2.24, 2.45) is 0 Å². The number of nitrogens with zero attached hydrogens (tertiary/aromatic N) is 2. The molecule has 2 atom stereocenters. The fraction of sp³-hybridized carbons (Fsp3) is 0.0286. The quantitative estimate of drug-likeness (QED) is 0.227. The number of hydrogen-bond donors (Lipinski definition) is 0. The Kier molecular flexibility index (Phi) is 5.49. The summed E-state index contributed by atoms with van der Waals surface area (Å²) in [5.74, 6) is 0. The third kappa shape index (κ3) is 3.44. The van der Waals surface area contributed by atoms with Crippen molar-refractivity contribution in [1.29, 1.82) is 0 Å². The highest BCUT2D eigenvalue weighted by Gasteiger charge is 2.52. The first-order valence-electron chi connectivity index (χ1n) is 13.3. The summed E-state index contributed by atoms with van der Waals surface area (Å²) in [7, 11) is -2.88. The van der Waals surface area contributed by atoms with E-state index in [1.807, 2.05) is 36.4 Å². The van der Waals surface area contributed by atoms with Crippen LogP contribution in [-0.2, 0) is 27.0 Å². The maximum Gasteiger partial charge on any atom is 0.132 e. The second-order valence-corrected chi connectivity index (χ2v) is 13.0. The van der Waals surface area contributed by atoms with Crippen molar-refractivity contribution >= 4 is 21.6 Å². The van der Waals surface area contributed by atoms with E-state index in [-0.39, 0.29) is 0 Å². The molecule has 0 aliphatic heterocycles. The lowest BCUT2D eigenvalue weighted by atomic mass is 9.70. The molecule has 4 aromatic carbocycles. The van der Waals surface area contributed by atoms with E-state index in [4.69, 9.17) is 0 Å². The molecule has 0 radical (unpaired) electrons. The van der Waals surface area contributed by atoms with Crippen molar-refractivity contribution in [1.82, 2.24) is 9.97 Å². The molecule has 0 saturated carbocycles. The Labute approximate surface area is 242 Å². The van der Waals surface area contributed by atoms with Crippen molar-refractivity contribution in [3.63, 3.8) is 0 Å². The molecule has 0 saturated heterocycles. The highest BCUT2D eigenvalue weighted by Crippen LogP contribution is 2.63. The zero-order valence-corrected chi connectivity index (χ0v) is 23.4. The van der Waals surface area contributed by atoms with Crippen LogP contribution in [0, 0.1) is 0 Å². The van der Waals surface area contributed by atoms with Gasteiger partial charge in [-0.05, 0) is 93.0 Å². The molecule has 0 bridgehead atoms. The normalized spacial score (nSPS) is 15.0. The average Bonchev–Trinajstić information content (AvgIpc) is 3.51. The van der Waals surface area contributed by atoms with E-state index in [1.165, 1.54) is 22.3 Å². The number of aromatic nitrogens is 2. The van der Waals surface area contributed by atoms with Gasteiger partial charge in [0.25, 0.3) is 0 Å². The van der Waals surface area contributed by atoms with Crippen molar-refractivity contribution in [2.75, 3.05) is 0 Å². The average molecular weight is 567 g/mol. The topological polar surface area (TPSA) is 59.9 Å². The Morgan fingerprint density at radius 1 is 0.439 bits per heavy atom. The zero-order valence-electron chi connectivity index (χ0n) is 21.7. The van der Waals surface area contributed by atoms with Crippen molar-refractivity contribution in [3.05, 3.63) is 156 Å². The molecule has 4 nitrogen and oxygen atoms in total. The van der Waals surface area contributed by atoms with Crippen LogP contribution >= 0.6 is 0 Å². The van der Waals surface area contributed by atoms with E-state index in [9.17, 15) is 8.42 Å². The summed E-state index contributed by atoms with van der Waals surface area (Å²) in [4.78, 5) is 10.1. The van der Waals surface area contributed by atoms with Crippen LogP contribution in [0.1, 0.15) is 22.3 Å². The van der Waals surface area contributed by atoms with E-state index >= 15 is 0 Å². The van der Waals surface area contributed by atoms with Crippen LogP contribution in [0.2, 0.25) is 0 Å². The minimum atomic E-state index is -1.44. The molecule has 1 spiro atoms. The van der Waals surface area contributed by atoms with Gasteiger partial charge in [-0.1, -0.05) is 72.8 Å². The van der Waals surface area contributed by atoms with Crippen LogP contribution in [0.3, 0.4) is 0 Å². The highest BCUT2D eigenvalue weighted by molar-refractivity contribution is 7.85. The lowest BCUT2D eigenvalue weighted by Gasteiger charge is -2.31. The van der Waals surface area contributed by atoms with Crippen LogP contribution < -0.4 is 0 Å². The van der Waals surface area contributed by atoms with Gasteiger partial charge in [0, 0.05) is 22.2 Å². The maximum atomic E-state index is 13.7. The van der Waals surface area contributed by atoms with E-state index in [2.05, 4.69) is 82.8 Å². The summed E-state index contributed by atoms with van der Waals surface area (Å²) in [5, 5.41) is 1.05. The van der Waals surface area contributed by atoms with Gasteiger partial charge in [-0.3, -0.25) is 0 Å². The van der Waals surface area contributed by atoms with Gasteiger partial charge in [0.15, 0.2) is 0 Å². The third-order valence-electron chi connectivity index (χ3n) is 8.12. The molecular weight excluding hydrogens is 545 g/mol. The van der Waals surface area contributed by atoms with E-state index < -0.39 is 27.0 Å². The van der Waals surface area contributed by atoms with Gasteiger partial charge in [0.05, 0.1) is 5.41 Å². The molecule has 8 rings (SSSR count). The Morgan fingerprint density at radius 3 is 1.29 bits per heavy atom. The molecule has 0 fully saturated rings. The van der Waals surface area contributed by atoms with Gasteiger partial charge in [0.1, 0.15) is 31.7 Å². The molecule has 6 aromatic rings. The minimum absolute atomic E-state index is 0.525. The molecule has 196 valence electrons. The van der Waals surface area contributed by atoms with Crippen LogP contribution in [0.5, 0.6) is 0 Å². The first-order valence-corrected chi connectivity index (χ1v) is 15.6. The van der Waals surface area contributed by atoms with Gasteiger partial charge in [-0.15, -0.1) is 0 Å². The van der Waals surface area contributed by atoms with E-state index in [0.29, 0.717) is 19.8 Å². The number of hydrogen-bond acceptors (Lipinski definition) is 4. The monoisotopic (exact) mass is 566 g/mol. The molecule has 2 aliphatic carbocycles. The second kappa shape index (κ2) is 9.26. The Morgan fingerprint density at radius 2 is 0.854 bits per heavy atom. The minimum Gasteiger partial charge on any atom is -0.247 e. The lowest BCUT2D eigenvalue weighted by molar-refractivity contribution is 0.679. The lowest BCUT2D eigenvalue weighted by Crippen LogP contribution is -2.26. The van der Waals surface area contributed by atoms with Crippen LogP contribution in [0.15, 0.2) is 154 Å². The number of fused-ring (bicyclic) bond motifs is 10. The summed E-state index contributed by atoms with van der Waals surface area (Å²) < 4.78 is 27.4. The van der Waals surface area contributed by atoms with Crippen LogP contribution in [0.4, 0.5) is 0 Å².